The highest BCUT2D eigenvalue weighted by atomic mass is 16.6. The highest BCUT2D eigenvalue weighted by molar-refractivity contribution is 5.71. The van der Waals surface area contributed by atoms with Crippen molar-refractivity contribution in [2.75, 3.05) is 13.2 Å². The van der Waals surface area contributed by atoms with Gasteiger partial charge in [0.15, 0.2) is 6.10 Å². The normalized spacial score (nSPS) is 12.6. The minimum absolute atomic E-state index is 0.0658. The van der Waals surface area contributed by atoms with Crippen molar-refractivity contribution in [2.24, 2.45) is 11.8 Å². The fourth-order valence-corrected chi connectivity index (χ4v) is 6.54. The van der Waals surface area contributed by atoms with Crippen LogP contribution in [0.5, 0.6) is 0 Å². The standard InChI is InChI=1S/C45H86O6/c1-6-8-9-10-11-12-13-22-27-32-37-45(48)51-42(38-49-43(46)35-30-25-20-16-14-18-23-28-33-40(3)4)39-50-44(47)36-31-26-21-17-15-19-24-29-34-41(5)7-2/h40-42H,6-39H2,1-5H3/t41?,42-/m0/s1. The molecular weight excluding hydrogens is 636 g/mol. The minimum Gasteiger partial charge on any atom is -0.462 e. The van der Waals surface area contributed by atoms with E-state index in [2.05, 4.69) is 34.6 Å². The molecule has 0 heterocycles. The molecular formula is C45H86O6. The van der Waals surface area contributed by atoms with Crippen LogP contribution in [-0.2, 0) is 28.6 Å². The van der Waals surface area contributed by atoms with Crippen LogP contribution in [0, 0.1) is 11.8 Å². The molecule has 0 aliphatic carbocycles. The molecule has 0 rings (SSSR count). The van der Waals surface area contributed by atoms with E-state index in [1.54, 1.807) is 0 Å². The number of rotatable bonds is 39. The lowest BCUT2D eigenvalue weighted by molar-refractivity contribution is -0.167. The minimum atomic E-state index is -0.760. The first-order chi connectivity index (χ1) is 24.8. The number of esters is 3. The molecule has 6 heteroatoms. The molecule has 0 aliphatic heterocycles. The zero-order valence-corrected chi connectivity index (χ0v) is 34.7. The third-order valence-electron chi connectivity index (χ3n) is 10.3. The van der Waals surface area contributed by atoms with Gasteiger partial charge in [-0.3, -0.25) is 14.4 Å². The molecule has 302 valence electrons. The van der Waals surface area contributed by atoms with Crippen LogP contribution < -0.4 is 0 Å². The van der Waals surface area contributed by atoms with Gasteiger partial charge >= 0.3 is 17.9 Å². The summed E-state index contributed by atoms with van der Waals surface area (Å²) in [5, 5.41) is 0. The van der Waals surface area contributed by atoms with Crippen LogP contribution in [0.1, 0.15) is 240 Å². The number of ether oxygens (including phenoxy) is 3. The summed E-state index contributed by atoms with van der Waals surface area (Å²) in [6.45, 7) is 11.3. The second-order valence-electron chi connectivity index (χ2n) is 16.1. The van der Waals surface area contributed by atoms with E-state index in [0.29, 0.717) is 19.3 Å². The van der Waals surface area contributed by atoms with Gasteiger partial charge in [-0.05, 0) is 31.1 Å². The van der Waals surface area contributed by atoms with Crippen LogP contribution in [0.4, 0.5) is 0 Å². The van der Waals surface area contributed by atoms with E-state index in [9.17, 15) is 14.4 Å². The lowest BCUT2D eigenvalue weighted by Gasteiger charge is -2.18. The molecule has 0 N–H and O–H groups in total. The van der Waals surface area contributed by atoms with Crippen molar-refractivity contribution in [3.05, 3.63) is 0 Å². The molecule has 6 nitrogen and oxygen atoms in total. The van der Waals surface area contributed by atoms with Crippen molar-refractivity contribution in [1.29, 1.82) is 0 Å². The van der Waals surface area contributed by atoms with E-state index >= 15 is 0 Å². The van der Waals surface area contributed by atoms with E-state index in [4.69, 9.17) is 14.2 Å². The molecule has 1 unspecified atom stereocenters. The Balaban J connectivity index is 4.35. The summed E-state index contributed by atoms with van der Waals surface area (Å²) in [5.74, 6) is 0.782. The average molecular weight is 723 g/mol. The first-order valence-electron chi connectivity index (χ1n) is 22.3. The van der Waals surface area contributed by atoms with E-state index in [0.717, 1.165) is 69.6 Å². The zero-order chi connectivity index (χ0) is 37.6. The van der Waals surface area contributed by atoms with Gasteiger partial charge < -0.3 is 14.2 Å². The molecule has 0 aromatic heterocycles. The SMILES string of the molecule is CCCCCCCCCCCCC(=O)O[C@@H](COC(=O)CCCCCCCCCCC(C)C)COC(=O)CCCCCCCCCCC(C)CC. The number of carbonyl (C=O) groups is 3. The maximum atomic E-state index is 12.7. The molecule has 0 radical (unpaired) electrons. The summed E-state index contributed by atoms with van der Waals surface area (Å²) in [4.78, 5) is 37.6. The Morgan fingerprint density at radius 2 is 0.745 bits per heavy atom. The summed E-state index contributed by atoms with van der Waals surface area (Å²) < 4.78 is 16.7. The molecule has 0 aromatic carbocycles. The summed E-state index contributed by atoms with van der Waals surface area (Å²) in [6.07, 6.45) is 35.1. The second kappa shape index (κ2) is 38.1. The van der Waals surface area contributed by atoms with E-state index in [1.807, 2.05) is 0 Å². The summed E-state index contributed by atoms with van der Waals surface area (Å²) in [7, 11) is 0. The van der Waals surface area contributed by atoms with Crippen LogP contribution in [0.15, 0.2) is 0 Å². The van der Waals surface area contributed by atoms with Gasteiger partial charge in [0.05, 0.1) is 0 Å². The highest BCUT2D eigenvalue weighted by Gasteiger charge is 2.19. The lowest BCUT2D eigenvalue weighted by atomic mass is 9.99. The van der Waals surface area contributed by atoms with E-state index in [-0.39, 0.29) is 31.1 Å². The van der Waals surface area contributed by atoms with Gasteiger partial charge in [-0.1, -0.05) is 202 Å². The largest absolute Gasteiger partial charge is 0.462 e. The highest BCUT2D eigenvalue weighted by Crippen LogP contribution is 2.17. The van der Waals surface area contributed by atoms with Gasteiger partial charge in [0, 0.05) is 19.3 Å². The van der Waals surface area contributed by atoms with Gasteiger partial charge in [-0.25, -0.2) is 0 Å². The molecule has 0 saturated carbocycles. The predicted molar refractivity (Wildman–Crippen MR) is 215 cm³/mol. The topological polar surface area (TPSA) is 78.9 Å². The molecule has 0 saturated heterocycles. The first-order valence-corrected chi connectivity index (χ1v) is 22.3. The van der Waals surface area contributed by atoms with Gasteiger partial charge in [0.1, 0.15) is 13.2 Å². The van der Waals surface area contributed by atoms with Gasteiger partial charge in [-0.15, -0.1) is 0 Å². The molecule has 0 bridgehead atoms. The van der Waals surface area contributed by atoms with Gasteiger partial charge in [0.25, 0.3) is 0 Å². The quantitative estimate of drug-likeness (QED) is 0.0357. The fourth-order valence-electron chi connectivity index (χ4n) is 6.54. The first kappa shape index (κ1) is 49.4. The van der Waals surface area contributed by atoms with Crippen molar-refractivity contribution in [1.82, 2.24) is 0 Å². The summed E-state index contributed by atoms with van der Waals surface area (Å²) >= 11 is 0. The monoisotopic (exact) mass is 723 g/mol. The van der Waals surface area contributed by atoms with E-state index in [1.165, 1.54) is 128 Å². The molecule has 0 spiro atoms. The average Bonchev–Trinajstić information content (AvgIpc) is 3.11. The van der Waals surface area contributed by atoms with Crippen LogP contribution in [0.25, 0.3) is 0 Å². The molecule has 2 atom stereocenters. The van der Waals surface area contributed by atoms with Crippen LogP contribution >= 0.6 is 0 Å². The Bertz CT molecular complexity index is 781. The molecule has 0 aliphatic rings. The number of carbonyl (C=O) groups excluding carboxylic acids is 3. The Hall–Kier alpha value is -1.59. The third kappa shape index (κ3) is 38.0. The third-order valence-corrected chi connectivity index (χ3v) is 10.3. The number of unbranched alkanes of at least 4 members (excludes halogenated alkanes) is 23. The predicted octanol–water partition coefficient (Wildman–Crippen LogP) is 13.8. The van der Waals surface area contributed by atoms with Crippen molar-refractivity contribution in [3.63, 3.8) is 0 Å². The van der Waals surface area contributed by atoms with Crippen LogP contribution in [0.3, 0.4) is 0 Å². The zero-order valence-electron chi connectivity index (χ0n) is 34.7. The number of hydrogen-bond donors (Lipinski definition) is 0. The molecule has 0 amide bonds. The van der Waals surface area contributed by atoms with Crippen molar-refractivity contribution in [3.8, 4) is 0 Å². The van der Waals surface area contributed by atoms with Crippen molar-refractivity contribution < 1.29 is 28.6 Å². The Labute approximate surface area is 317 Å². The van der Waals surface area contributed by atoms with Crippen LogP contribution in [-0.4, -0.2) is 37.2 Å². The Morgan fingerprint density at radius 1 is 0.412 bits per heavy atom. The van der Waals surface area contributed by atoms with Gasteiger partial charge in [0.2, 0.25) is 0 Å². The Kier molecular flexibility index (Phi) is 37.0. The second-order valence-corrected chi connectivity index (χ2v) is 16.1. The van der Waals surface area contributed by atoms with E-state index < -0.39 is 6.10 Å². The molecule has 0 fully saturated rings. The number of hydrogen-bond acceptors (Lipinski definition) is 6. The van der Waals surface area contributed by atoms with Crippen molar-refractivity contribution in [2.45, 2.75) is 246 Å². The molecule has 0 aromatic rings. The van der Waals surface area contributed by atoms with Gasteiger partial charge in [-0.2, -0.15) is 0 Å². The molecule has 51 heavy (non-hydrogen) atoms. The van der Waals surface area contributed by atoms with Crippen LogP contribution in [0.2, 0.25) is 0 Å². The lowest BCUT2D eigenvalue weighted by Crippen LogP contribution is -2.30. The maximum Gasteiger partial charge on any atom is 0.306 e. The van der Waals surface area contributed by atoms with Crippen molar-refractivity contribution >= 4 is 17.9 Å². The summed E-state index contributed by atoms with van der Waals surface area (Å²) in [5.41, 5.74) is 0. The Morgan fingerprint density at radius 3 is 1.12 bits per heavy atom. The maximum absolute atomic E-state index is 12.7. The summed E-state index contributed by atoms with van der Waals surface area (Å²) in [6, 6.07) is 0. The smallest absolute Gasteiger partial charge is 0.306 e. The fraction of sp³-hybridized carbons (Fsp3) is 0.933.